The van der Waals surface area contributed by atoms with Gasteiger partial charge in [0.2, 0.25) is 0 Å². The molecular formula is C17H15NO4. The van der Waals surface area contributed by atoms with Crippen molar-refractivity contribution in [1.29, 1.82) is 0 Å². The van der Waals surface area contributed by atoms with Gasteiger partial charge in [0.15, 0.2) is 0 Å². The van der Waals surface area contributed by atoms with E-state index in [2.05, 4.69) is 0 Å². The van der Waals surface area contributed by atoms with Gasteiger partial charge in [0.05, 0.1) is 12.7 Å². The summed E-state index contributed by atoms with van der Waals surface area (Å²) in [5, 5.41) is 9.02. The minimum Gasteiger partial charge on any atom is -0.497 e. The lowest BCUT2D eigenvalue weighted by Crippen LogP contribution is -2.23. The number of hydrogen-bond acceptors (Lipinski definition) is 3. The van der Waals surface area contributed by atoms with Crippen LogP contribution in [-0.2, 0) is 13.1 Å². The van der Waals surface area contributed by atoms with Crippen LogP contribution in [0.4, 0.5) is 0 Å². The predicted octanol–water partition coefficient (Wildman–Crippen LogP) is 2.55. The number of methoxy groups -OCH3 is 1. The van der Waals surface area contributed by atoms with Crippen molar-refractivity contribution in [3.63, 3.8) is 0 Å². The standard InChI is InChI=1S/C17H15NO4/c1-22-14-6-2-11(3-7-14)9-18-10-13-5-4-12(17(20)21)8-15(13)16(18)19/h2-8H,9-10H2,1H3,(H,20,21). The number of rotatable bonds is 4. The highest BCUT2D eigenvalue weighted by molar-refractivity contribution is 6.00. The van der Waals surface area contributed by atoms with E-state index >= 15 is 0 Å². The Hall–Kier alpha value is -2.82. The first kappa shape index (κ1) is 14.1. The van der Waals surface area contributed by atoms with Gasteiger partial charge in [-0.2, -0.15) is 0 Å². The van der Waals surface area contributed by atoms with Crippen LogP contribution in [0.15, 0.2) is 42.5 Å². The van der Waals surface area contributed by atoms with Gasteiger partial charge in [0, 0.05) is 18.7 Å². The van der Waals surface area contributed by atoms with E-state index in [1.165, 1.54) is 12.1 Å². The maximum atomic E-state index is 12.4. The van der Waals surface area contributed by atoms with E-state index in [1.54, 1.807) is 18.1 Å². The van der Waals surface area contributed by atoms with E-state index in [9.17, 15) is 9.59 Å². The zero-order valence-electron chi connectivity index (χ0n) is 12.1. The van der Waals surface area contributed by atoms with E-state index < -0.39 is 5.97 Å². The molecule has 112 valence electrons. The normalized spacial score (nSPS) is 13.1. The van der Waals surface area contributed by atoms with Crippen LogP contribution in [0.5, 0.6) is 5.75 Å². The maximum Gasteiger partial charge on any atom is 0.335 e. The quantitative estimate of drug-likeness (QED) is 0.941. The number of fused-ring (bicyclic) bond motifs is 1. The molecule has 0 aliphatic carbocycles. The fourth-order valence-corrected chi connectivity index (χ4v) is 2.57. The summed E-state index contributed by atoms with van der Waals surface area (Å²) in [6.07, 6.45) is 0. The van der Waals surface area contributed by atoms with E-state index in [-0.39, 0.29) is 11.5 Å². The van der Waals surface area contributed by atoms with Crippen molar-refractivity contribution in [2.75, 3.05) is 7.11 Å². The summed E-state index contributed by atoms with van der Waals surface area (Å²) in [6.45, 7) is 0.986. The zero-order chi connectivity index (χ0) is 15.7. The molecule has 0 atom stereocenters. The van der Waals surface area contributed by atoms with Gasteiger partial charge in [-0.3, -0.25) is 4.79 Å². The van der Waals surface area contributed by atoms with Gasteiger partial charge in [-0.25, -0.2) is 4.79 Å². The molecule has 1 N–H and O–H groups in total. The average Bonchev–Trinajstić information content (AvgIpc) is 2.84. The number of aromatic carboxylic acids is 1. The van der Waals surface area contributed by atoms with Crippen LogP contribution in [0.1, 0.15) is 31.8 Å². The van der Waals surface area contributed by atoms with Crippen LogP contribution in [-0.4, -0.2) is 29.0 Å². The van der Waals surface area contributed by atoms with Crippen molar-refractivity contribution < 1.29 is 19.4 Å². The third-order valence-corrected chi connectivity index (χ3v) is 3.77. The lowest BCUT2D eigenvalue weighted by atomic mass is 10.1. The molecule has 22 heavy (non-hydrogen) atoms. The van der Waals surface area contributed by atoms with Crippen LogP contribution in [0.25, 0.3) is 0 Å². The molecule has 1 heterocycles. The van der Waals surface area contributed by atoms with Gasteiger partial charge < -0.3 is 14.7 Å². The second-order valence-corrected chi connectivity index (χ2v) is 5.19. The minimum absolute atomic E-state index is 0.131. The summed E-state index contributed by atoms with van der Waals surface area (Å²) in [7, 11) is 1.61. The number of carboxylic acids is 1. The van der Waals surface area contributed by atoms with Gasteiger partial charge in [0.25, 0.3) is 5.91 Å². The van der Waals surface area contributed by atoms with Crippen molar-refractivity contribution in [2.45, 2.75) is 13.1 Å². The minimum atomic E-state index is -1.02. The van der Waals surface area contributed by atoms with E-state index in [0.29, 0.717) is 18.7 Å². The van der Waals surface area contributed by atoms with Crippen LogP contribution >= 0.6 is 0 Å². The first-order chi connectivity index (χ1) is 10.6. The number of ether oxygens (including phenoxy) is 1. The summed E-state index contributed by atoms with van der Waals surface area (Å²) < 4.78 is 5.11. The summed E-state index contributed by atoms with van der Waals surface area (Å²) >= 11 is 0. The van der Waals surface area contributed by atoms with Gasteiger partial charge >= 0.3 is 5.97 Å². The van der Waals surface area contributed by atoms with Gasteiger partial charge in [-0.1, -0.05) is 18.2 Å². The number of hydrogen-bond donors (Lipinski definition) is 1. The Bertz CT molecular complexity index is 737. The van der Waals surface area contributed by atoms with E-state index in [4.69, 9.17) is 9.84 Å². The van der Waals surface area contributed by atoms with Gasteiger partial charge in [0.1, 0.15) is 5.75 Å². The van der Waals surface area contributed by atoms with Crippen molar-refractivity contribution in [3.05, 3.63) is 64.7 Å². The molecule has 0 bridgehead atoms. The predicted molar refractivity (Wildman–Crippen MR) is 80.0 cm³/mol. The molecule has 0 saturated carbocycles. The molecule has 0 radical (unpaired) electrons. The Balaban J connectivity index is 1.79. The molecule has 5 heteroatoms. The fourth-order valence-electron chi connectivity index (χ4n) is 2.57. The zero-order valence-corrected chi connectivity index (χ0v) is 12.1. The summed E-state index contributed by atoms with van der Waals surface area (Å²) in [4.78, 5) is 25.1. The highest BCUT2D eigenvalue weighted by Crippen LogP contribution is 2.26. The Labute approximate surface area is 127 Å². The number of carboxylic acid groups (broad SMARTS) is 1. The molecular weight excluding hydrogens is 282 g/mol. The largest absolute Gasteiger partial charge is 0.497 e. The van der Waals surface area contributed by atoms with Crippen molar-refractivity contribution in [3.8, 4) is 5.75 Å². The summed E-state index contributed by atoms with van der Waals surface area (Å²) in [6, 6.07) is 12.2. The third-order valence-electron chi connectivity index (χ3n) is 3.77. The summed E-state index contributed by atoms with van der Waals surface area (Å²) in [5.41, 5.74) is 2.48. The first-order valence-electron chi connectivity index (χ1n) is 6.87. The summed E-state index contributed by atoms with van der Waals surface area (Å²) in [5.74, 6) is -0.385. The highest BCUT2D eigenvalue weighted by Gasteiger charge is 2.28. The molecule has 3 rings (SSSR count). The third kappa shape index (κ3) is 2.53. The number of carbonyl (C=O) groups is 2. The Kier molecular flexibility index (Phi) is 3.55. The monoisotopic (exact) mass is 297 g/mol. The molecule has 5 nitrogen and oxygen atoms in total. The van der Waals surface area contributed by atoms with Crippen molar-refractivity contribution >= 4 is 11.9 Å². The maximum absolute atomic E-state index is 12.4. The number of benzene rings is 2. The van der Waals surface area contributed by atoms with E-state index in [0.717, 1.165) is 16.9 Å². The van der Waals surface area contributed by atoms with Crippen LogP contribution in [0.3, 0.4) is 0 Å². The van der Waals surface area contributed by atoms with Gasteiger partial charge in [-0.05, 0) is 35.4 Å². The van der Waals surface area contributed by atoms with Crippen LogP contribution < -0.4 is 4.74 Å². The molecule has 2 aromatic rings. The smallest absolute Gasteiger partial charge is 0.335 e. The van der Waals surface area contributed by atoms with E-state index in [1.807, 2.05) is 24.3 Å². The molecule has 0 fully saturated rings. The van der Waals surface area contributed by atoms with Crippen molar-refractivity contribution in [1.82, 2.24) is 4.90 Å². The topological polar surface area (TPSA) is 66.8 Å². The van der Waals surface area contributed by atoms with Gasteiger partial charge in [-0.15, -0.1) is 0 Å². The average molecular weight is 297 g/mol. The molecule has 0 unspecified atom stereocenters. The number of amides is 1. The van der Waals surface area contributed by atoms with Crippen LogP contribution in [0.2, 0.25) is 0 Å². The first-order valence-corrected chi connectivity index (χ1v) is 6.87. The molecule has 0 aromatic heterocycles. The Morgan fingerprint density at radius 3 is 2.59 bits per heavy atom. The second-order valence-electron chi connectivity index (χ2n) is 5.19. The molecule has 2 aromatic carbocycles. The lowest BCUT2D eigenvalue weighted by Gasteiger charge is -2.15. The number of nitrogens with zero attached hydrogens (tertiary/aromatic N) is 1. The number of carbonyl (C=O) groups excluding carboxylic acids is 1. The molecule has 1 amide bonds. The molecule has 1 aliphatic heterocycles. The highest BCUT2D eigenvalue weighted by atomic mass is 16.5. The lowest BCUT2D eigenvalue weighted by molar-refractivity contribution is 0.0697. The Morgan fingerprint density at radius 1 is 1.23 bits per heavy atom. The fraction of sp³-hybridized carbons (Fsp3) is 0.176. The second kappa shape index (κ2) is 5.52. The SMILES string of the molecule is COc1ccc(CN2Cc3ccc(C(=O)O)cc3C2=O)cc1. The van der Waals surface area contributed by atoms with Crippen LogP contribution in [0, 0.1) is 0 Å². The Morgan fingerprint density at radius 2 is 1.95 bits per heavy atom. The molecule has 0 saturated heterocycles. The molecule has 1 aliphatic rings. The molecule has 0 spiro atoms. The van der Waals surface area contributed by atoms with Crippen molar-refractivity contribution in [2.24, 2.45) is 0 Å².